The number of anilines is 1. The number of hydrogen-bond donors (Lipinski definition) is 2. The molecular formula is C18H21ClN2O2. The molecule has 23 heavy (non-hydrogen) atoms. The highest BCUT2D eigenvalue weighted by Crippen LogP contribution is 2.21. The summed E-state index contributed by atoms with van der Waals surface area (Å²) in [6, 6.07) is 13.1. The van der Waals surface area contributed by atoms with Gasteiger partial charge in [0.2, 0.25) is 0 Å². The summed E-state index contributed by atoms with van der Waals surface area (Å²) in [5.41, 5.74) is 2.79. The molecule has 0 bridgehead atoms. The van der Waals surface area contributed by atoms with Gasteiger partial charge in [-0.15, -0.1) is 0 Å². The minimum absolute atomic E-state index is 0.0418. The number of carbonyl (C=O) groups is 1. The number of ether oxygens (including phenoxy) is 1. The Morgan fingerprint density at radius 2 is 2.04 bits per heavy atom. The number of hydrogen-bond acceptors (Lipinski definition) is 3. The summed E-state index contributed by atoms with van der Waals surface area (Å²) in [6.45, 7) is 5.59. The second kappa shape index (κ2) is 8.56. The average molecular weight is 333 g/mol. The Balaban J connectivity index is 1.89. The normalized spacial score (nSPS) is 10.4. The number of halogens is 1. The van der Waals surface area contributed by atoms with E-state index >= 15 is 0 Å². The molecule has 5 heteroatoms. The lowest BCUT2D eigenvalue weighted by molar-refractivity contribution is -0.118. The predicted molar refractivity (Wildman–Crippen MR) is 94.1 cm³/mol. The first kappa shape index (κ1) is 17.3. The fourth-order valence-electron chi connectivity index (χ4n) is 2.14. The monoisotopic (exact) mass is 332 g/mol. The Bertz CT molecular complexity index is 674. The van der Waals surface area contributed by atoms with E-state index in [9.17, 15) is 4.79 Å². The number of carbonyl (C=O) groups excluding carboxylic acids is 1. The fourth-order valence-corrected chi connectivity index (χ4v) is 2.37. The van der Waals surface area contributed by atoms with Gasteiger partial charge in [0, 0.05) is 17.3 Å². The van der Waals surface area contributed by atoms with Crippen LogP contribution < -0.4 is 15.4 Å². The second-order valence-electron chi connectivity index (χ2n) is 5.23. The van der Waals surface area contributed by atoms with Crippen molar-refractivity contribution in [3.05, 3.63) is 58.6 Å². The van der Waals surface area contributed by atoms with E-state index in [1.165, 1.54) is 0 Å². The van der Waals surface area contributed by atoms with E-state index in [2.05, 4.69) is 17.6 Å². The first-order valence-electron chi connectivity index (χ1n) is 7.57. The summed E-state index contributed by atoms with van der Waals surface area (Å²) in [4.78, 5) is 12.0. The fraction of sp³-hybridized carbons (Fsp3) is 0.278. The summed E-state index contributed by atoms with van der Waals surface area (Å²) in [7, 11) is 0. The largest absolute Gasteiger partial charge is 0.483 e. The molecule has 2 aromatic carbocycles. The first-order valence-corrected chi connectivity index (χ1v) is 7.94. The summed E-state index contributed by atoms with van der Waals surface area (Å²) in [5, 5.41) is 6.75. The average Bonchev–Trinajstić information content (AvgIpc) is 2.52. The minimum Gasteiger partial charge on any atom is -0.483 e. The van der Waals surface area contributed by atoms with Crippen LogP contribution in [-0.2, 0) is 11.3 Å². The van der Waals surface area contributed by atoms with Gasteiger partial charge in [-0.3, -0.25) is 4.79 Å². The van der Waals surface area contributed by atoms with Crippen LogP contribution in [0, 0.1) is 6.92 Å². The summed E-state index contributed by atoms with van der Waals surface area (Å²) >= 11 is 5.90. The Kier molecular flexibility index (Phi) is 6.44. The quantitative estimate of drug-likeness (QED) is 0.811. The van der Waals surface area contributed by atoms with Crippen molar-refractivity contribution in [3.8, 4) is 5.75 Å². The van der Waals surface area contributed by atoms with Crippen molar-refractivity contribution >= 4 is 23.2 Å². The predicted octanol–water partition coefficient (Wildman–Crippen LogP) is 3.78. The van der Waals surface area contributed by atoms with E-state index < -0.39 is 0 Å². The summed E-state index contributed by atoms with van der Waals surface area (Å²) in [5.74, 6) is 0.463. The molecule has 1 amide bonds. The highest BCUT2D eigenvalue weighted by molar-refractivity contribution is 6.30. The van der Waals surface area contributed by atoms with Crippen LogP contribution in [0.5, 0.6) is 5.75 Å². The molecule has 0 fully saturated rings. The third-order valence-electron chi connectivity index (χ3n) is 3.29. The van der Waals surface area contributed by atoms with E-state index in [-0.39, 0.29) is 12.5 Å². The lowest BCUT2D eigenvalue weighted by Crippen LogP contribution is -2.20. The van der Waals surface area contributed by atoms with E-state index in [4.69, 9.17) is 16.3 Å². The van der Waals surface area contributed by atoms with Crippen LogP contribution in [0.3, 0.4) is 0 Å². The van der Waals surface area contributed by atoms with Gasteiger partial charge in [0.1, 0.15) is 5.75 Å². The van der Waals surface area contributed by atoms with Crippen molar-refractivity contribution in [2.24, 2.45) is 0 Å². The number of benzene rings is 2. The number of amides is 1. The maximum absolute atomic E-state index is 12.0. The van der Waals surface area contributed by atoms with Crippen LogP contribution in [0.2, 0.25) is 5.02 Å². The van der Waals surface area contributed by atoms with E-state index in [0.717, 1.165) is 29.9 Å². The maximum Gasteiger partial charge on any atom is 0.262 e. The standard InChI is InChI=1S/C18H21ClN2O2/c1-3-20-11-14-5-4-6-16(10-14)21-18(22)12-23-17-8-7-15(19)9-13(17)2/h4-10,20H,3,11-12H2,1-2H3,(H,21,22). The molecule has 0 aliphatic carbocycles. The van der Waals surface area contributed by atoms with Gasteiger partial charge in [-0.2, -0.15) is 0 Å². The second-order valence-corrected chi connectivity index (χ2v) is 5.66. The highest BCUT2D eigenvalue weighted by Gasteiger charge is 2.06. The number of rotatable bonds is 7. The summed E-state index contributed by atoms with van der Waals surface area (Å²) < 4.78 is 5.54. The Labute approximate surface area is 141 Å². The Hall–Kier alpha value is -2.04. The van der Waals surface area contributed by atoms with Gasteiger partial charge in [0.15, 0.2) is 6.61 Å². The molecule has 122 valence electrons. The van der Waals surface area contributed by atoms with Gasteiger partial charge in [-0.05, 0) is 54.9 Å². The van der Waals surface area contributed by atoms with Gasteiger partial charge in [0.05, 0.1) is 0 Å². The van der Waals surface area contributed by atoms with Crippen LogP contribution in [0.25, 0.3) is 0 Å². The SMILES string of the molecule is CCNCc1cccc(NC(=O)COc2ccc(Cl)cc2C)c1. The molecule has 0 aromatic heterocycles. The van der Waals surface area contributed by atoms with Crippen molar-refractivity contribution in [3.63, 3.8) is 0 Å². The van der Waals surface area contributed by atoms with Crippen LogP contribution in [0.4, 0.5) is 5.69 Å². The smallest absolute Gasteiger partial charge is 0.262 e. The minimum atomic E-state index is -0.194. The lowest BCUT2D eigenvalue weighted by atomic mass is 10.2. The molecule has 0 saturated carbocycles. The molecule has 4 nitrogen and oxygen atoms in total. The van der Waals surface area contributed by atoms with Gasteiger partial charge in [-0.1, -0.05) is 30.7 Å². The molecule has 0 aliphatic rings. The van der Waals surface area contributed by atoms with Gasteiger partial charge in [0.25, 0.3) is 5.91 Å². The van der Waals surface area contributed by atoms with Crippen molar-refractivity contribution in [2.75, 3.05) is 18.5 Å². The zero-order chi connectivity index (χ0) is 16.7. The molecule has 2 aromatic rings. The van der Waals surface area contributed by atoms with Crippen molar-refractivity contribution < 1.29 is 9.53 Å². The Morgan fingerprint density at radius 3 is 2.78 bits per heavy atom. The molecule has 2 rings (SSSR count). The highest BCUT2D eigenvalue weighted by atomic mass is 35.5. The lowest BCUT2D eigenvalue weighted by Gasteiger charge is -2.10. The molecule has 0 atom stereocenters. The van der Waals surface area contributed by atoms with Gasteiger partial charge in [-0.25, -0.2) is 0 Å². The first-order chi connectivity index (χ1) is 11.1. The third-order valence-corrected chi connectivity index (χ3v) is 3.52. The molecule has 0 heterocycles. The molecule has 2 N–H and O–H groups in total. The van der Waals surface area contributed by atoms with Crippen molar-refractivity contribution in [1.82, 2.24) is 5.32 Å². The Morgan fingerprint density at radius 1 is 1.22 bits per heavy atom. The van der Waals surface area contributed by atoms with Crippen LogP contribution in [0.1, 0.15) is 18.1 Å². The van der Waals surface area contributed by atoms with Crippen LogP contribution in [0.15, 0.2) is 42.5 Å². The number of nitrogens with one attached hydrogen (secondary N) is 2. The van der Waals surface area contributed by atoms with Crippen LogP contribution in [-0.4, -0.2) is 19.1 Å². The number of aryl methyl sites for hydroxylation is 1. The zero-order valence-corrected chi connectivity index (χ0v) is 14.1. The van der Waals surface area contributed by atoms with Crippen molar-refractivity contribution in [2.45, 2.75) is 20.4 Å². The van der Waals surface area contributed by atoms with E-state index in [0.29, 0.717) is 10.8 Å². The molecule has 0 radical (unpaired) electrons. The third kappa shape index (κ3) is 5.58. The van der Waals surface area contributed by atoms with Gasteiger partial charge < -0.3 is 15.4 Å². The molecule has 0 saturated heterocycles. The molecule has 0 aliphatic heterocycles. The molecule has 0 unspecified atom stereocenters. The van der Waals surface area contributed by atoms with E-state index in [1.54, 1.807) is 18.2 Å². The maximum atomic E-state index is 12.0. The van der Waals surface area contributed by atoms with Gasteiger partial charge >= 0.3 is 0 Å². The molecule has 0 spiro atoms. The zero-order valence-electron chi connectivity index (χ0n) is 13.4. The van der Waals surface area contributed by atoms with Crippen molar-refractivity contribution in [1.29, 1.82) is 0 Å². The van der Waals surface area contributed by atoms with Crippen LogP contribution >= 0.6 is 11.6 Å². The summed E-state index contributed by atoms with van der Waals surface area (Å²) in [6.07, 6.45) is 0. The topological polar surface area (TPSA) is 50.4 Å². The molecular weight excluding hydrogens is 312 g/mol. The van der Waals surface area contributed by atoms with E-state index in [1.807, 2.05) is 31.2 Å².